The largest absolute Gasteiger partial charge is 0.296 e. The average molecular weight is 581 g/mol. The number of hydrogen-bond acceptors (Lipinski definition) is 1. The molecule has 0 spiro atoms. The van der Waals surface area contributed by atoms with Crippen LogP contribution >= 0.6 is 0 Å². The number of allylic oxidation sites excluding steroid dienone is 8. The Morgan fingerprint density at radius 1 is 0.756 bits per heavy atom. The molecule has 0 bridgehead atoms. The van der Waals surface area contributed by atoms with Crippen molar-refractivity contribution in [2.75, 3.05) is 0 Å². The number of imidazole rings is 1. The third kappa shape index (κ3) is 5.32. The Morgan fingerprint density at radius 2 is 1.40 bits per heavy atom. The maximum absolute atomic E-state index is 4.89. The Labute approximate surface area is 265 Å². The van der Waals surface area contributed by atoms with Crippen LogP contribution in [0.4, 0.5) is 0 Å². The molecule has 0 aliphatic carbocycles. The van der Waals surface area contributed by atoms with Crippen LogP contribution in [0.2, 0.25) is 0 Å². The van der Waals surface area contributed by atoms with E-state index in [1.165, 1.54) is 49.0 Å². The lowest BCUT2D eigenvalue weighted by molar-refractivity contribution is 0.946. The maximum Gasteiger partial charge on any atom is 0.118 e. The molecule has 0 aliphatic rings. The van der Waals surface area contributed by atoms with Gasteiger partial charge in [-0.3, -0.25) is 4.57 Å². The van der Waals surface area contributed by atoms with Crippen molar-refractivity contribution in [1.29, 1.82) is 0 Å². The molecule has 0 unspecified atom stereocenters. The van der Waals surface area contributed by atoms with Crippen LogP contribution in [-0.4, -0.2) is 9.55 Å². The third-order valence-corrected chi connectivity index (χ3v) is 8.32. The molecule has 1 aromatic heterocycles. The minimum absolute atomic E-state index is 0.610. The van der Waals surface area contributed by atoms with Crippen LogP contribution < -0.4 is 0 Å². The molecular formula is C43H36N2. The Bertz CT molecular complexity index is 2160. The first-order valence-electron chi connectivity index (χ1n) is 15.2. The van der Waals surface area contributed by atoms with Gasteiger partial charge in [0.25, 0.3) is 0 Å². The van der Waals surface area contributed by atoms with Gasteiger partial charge in [-0.25, -0.2) is 4.98 Å². The van der Waals surface area contributed by atoms with E-state index in [1.807, 2.05) is 18.2 Å². The monoisotopic (exact) mass is 580 g/mol. The van der Waals surface area contributed by atoms with Crippen molar-refractivity contribution in [2.45, 2.75) is 13.3 Å². The van der Waals surface area contributed by atoms with Crippen molar-refractivity contribution < 1.29 is 0 Å². The SMILES string of the molecule is C=C/C=C(\C=C)n1c(C/C=C\C(=C/C)c2c3ccccc3c(-c3ccc4ccccc4c3)c3ccccc23)nc(C=C)c1C=C. The summed E-state index contributed by atoms with van der Waals surface area (Å²) in [5.74, 6) is 0.876. The lowest BCUT2D eigenvalue weighted by Gasteiger charge is -2.18. The summed E-state index contributed by atoms with van der Waals surface area (Å²) in [5.41, 5.74) is 7.42. The minimum Gasteiger partial charge on any atom is -0.296 e. The standard InChI is InChI=1S/C43H36N2/c1-6-18-34(8-3)45-40(10-5)39(9-4)44-41(45)26-17-21-30(7-2)42-35-22-13-15-24-37(35)43(38-25-16-14-23-36(38)42)33-28-27-31-19-11-12-20-32(31)29-33/h6-25,27-29H,1,3-5,26H2,2H3/b21-17-,30-7+,34-18+. The first-order chi connectivity index (χ1) is 22.1. The molecule has 2 nitrogen and oxygen atoms in total. The van der Waals surface area contributed by atoms with Crippen LogP contribution in [0, 0.1) is 0 Å². The van der Waals surface area contributed by atoms with Gasteiger partial charge in [0.05, 0.1) is 11.4 Å². The van der Waals surface area contributed by atoms with Crippen molar-refractivity contribution in [3.63, 3.8) is 0 Å². The van der Waals surface area contributed by atoms with E-state index >= 15 is 0 Å². The Hall–Kier alpha value is -5.73. The van der Waals surface area contributed by atoms with Gasteiger partial charge in [0.1, 0.15) is 5.82 Å². The van der Waals surface area contributed by atoms with Crippen molar-refractivity contribution in [3.05, 3.63) is 177 Å². The molecule has 6 rings (SSSR count). The van der Waals surface area contributed by atoms with Crippen LogP contribution in [0.25, 0.3) is 66.9 Å². The molecule has 0 N–H and O–H groups in total. The molecule has 0 saturated carbocycles. The second kappa shape index (κ2) is 12.9. The lowest BCUT2D eigenvalue weighted by Crippen LogP contribution is -2.03. The third-order valence-electron chi connectivity index (χ3n) is 8.32. The highest BCUT2D eigenvalue weighted by molar-refractivity contribution is 6.19. The molecular weight excluding hydrogens is 544 g/mol. The highest BCUT2D eigenvalue weighted by Crippen LogP contribution is 2.42. The lowest BCUT2D eigenvalue weighted by atomic mass is 9.85. The molecule has 0 radical (unpaired) electrons. The minimum atomic E-state index is 0.610. The van der Waals surface area contributed by atoms with Gasteiger partial charge >= 0.3 is 0 Å². The molecule has 218 valence electrons. The van der Waals surface area contributed by atoms with Crippen molar-refractivity contribution in [3.8, 4) is 11.1 Å². The number of nitrogens with zero attached hydrogens (tertiary/aromatic N) is 2. The van der Waals surface area contributed by atoms with Gasteiger partial charge in [0, 0.05) is 12.1 Å². The molecule has 6 aromatic rings. The summed E-state index contributed by atoms with van der Waals surface area (Å²) < 4.78 is 2.07. The predicted molar refractivity (Wildman–Crippen MR) is 198 cm³/mol. The number of hydrogen-bond donors (Lipinski definition) is 0. The maximum atomic E-state index is 4.89. The van der Waals surface area contributed by atoms with Crippen molar-refractivity contribution >= 4 is 55.7 Å². The molecule has 0 fully saturated rings. The van der Waals surface area contributed by atoms with E-state index < -0.39 is 0 Å². The first-order valence-corrected chi connectivity index (χ1v) is 15.2. The molecule has 1 heterocycles. The van der Waals surface area contributed by atoms with Gasteiger partial charge in [-0.05, 0) is 91.9 Å². The molecule has 45 heavy (non-hydrogen) atoms. The topological polar surface area (TPSA) is 17.8 Å². The van der Waals surface area contributed by atoms with Crippen LogP contribution in [0.15, 0.2) is 154 Å². The van der Waals surface area contributed by atoms with Crippen molar-refractivity contribution in [2.24, 2.45) is 0 Å². The van der Waals surface area contributed by atoms with Crippen LogP contribution in [0.5, 0.6) is 0 Å². The number of rotatable bonds is 10. The Balaban J connectivity index is 1.50. The highest BCUT2D eigenvalue weighted by atomic mass is 15.1. The number of fused-ring (bicyclic) bond motifs is 3. The smallest absolute Gasteiger partial charge is 0.118 e. The fourth-order valence-electron chi connectivity index (χ4n) is 6.34. The van der Waals surface area contributed by atoms with Gasteiger partial charge in [-0.2, -0.15) is 0 Å². The highest BCUT2D eigenvalue weighted by Gasteiger charge is 2.18. The summed E-state index contributed by atoms with van der Waals surface area (Å²) >= 11 is 0. The summed E-state index contributed by atoms with van der Waals surface area (Å²) in [6.07, 6.45) is 16.3. The van der Waals surface area contributed by atoms with E-state index in [-0.39, 0.29) is 0 Å². The fraction of sp³-hybridized carbons (Fsp3) is 0.0465. The van der Waals surface area contributed by atoms with E-state index in [0.29, 0.717) is 6.42 Å². The van der Waals surface area contributed by atoms with E-state index in [9.17, 15) is 0 Å². The molecule has 5 aromatic carbocycles. The van der Waals surface area contributed by atoms with Crippen LogP contribution in [0.3, 0.4) is 0 Å². The Kier molecular flexibility index (Phi) is 8.39. The molecule has 2 heteroatoms. The molecule has 0 amide bonds. The summed E-state index contributed by atoms with van der Waals surface area (Å²) in [4.78, 5) is 4.89. The van der Waals surface area contributed by atoms with Crippen molar-refractivity contribution in [1.82, 2.24) is 9.55 Å². The molecule has 0 saturated heterocycles. The van der Waals surface area contributed by atoms with Crippen LogP contribution in [0.1, 0.15) is 29.7 Å². The molecule has 0 atom stereocenters. The van der Waals surface area contributed by atoms with Crippen LogP contribution in [-0.2, 0) is 6.42 Å². The second-order valence-electron chi connectivity index (χ2n) is 10.8. The molecule has 0 aliphatic heterocycles. The fourth-order valence-corrected chi connectivity index (χ4v) is 6.34. The van der Waals surface area contributed by atoms with Gasteiger partial charge in [-0.15, -0.1) is 0 Å². The summed E-state index contributed by atoms with van der Waals surface area (Å²) in [7, 11) is 0. The number of benzene rings is 5. The summed E-state index contributed by atoms with van der Waals surface area (Å²) in [6.45, 7) is 18.0. The van der Waals surface area contributed by atoms with Gasteiger partial charge < -0.3 is 0 Å². The average Bonchev–Trinajstić information content (AvgIpc) is 3.45. The normalized spacial score (nSPS) is 12.3. The van der Waals surface area contributed by atoms with Gasteiger partial charge in [-0.1, -0.05) is 136 Å². The van der Waals surface area contributed by atoms with E-state index in [0.717, 1.165) is 28.5 Å². The van der Waals surface area contributed by atoms with E-state index in [2.05, 4.69) is 147 Å². The summed E-state index contributed by atoms with van der Waals surface area (Å²) in [6, 6.07) is 32.9. The second-order valence-corrected chi connectivity index (χ2v) is 10.8. The first kappa shape index (κ1) is 29.3. The zero-order valence-corrected chi connectivity index (χ0v) is 25.7. The van der Waals surface area contributed by atoms with E-state index in [1.54, 1.807) is 12.2 Å². The van der Waals surface area contributed by atoms with Gasteiger partial charge in [0.2, 0.25) is 0 Å². The zero-order valence-electron chi connectivity index (χ0n) is 25.7. The van der Waals surface area contributed by atoms with Gasteiger partial charge in [0.15, 0.2) is 0 Å². The number of aromatic nitrogens is 2. The Morgan fingerprint density at radius 3 is 2.00 bits per heavy atom. The predicted octanol–water partition coefficient (Wildman–Crippen LogP) is 11.7. The zero-order chi connectivity index (χ0) is 31.3. The van der Waals surface area contributed by atoms with E-state index in [4.69, 9.17) is 4.98 Å². The quantitative estimate of drug-likeness (QED) is 0.116. The summed E-state index contributed by atoms with van der Waals surface area (Å²) in [5, 5.41) is 7.41.